The molecule has 7 rings (SSSR count). The summed E-state index contributed by atoms with van der Waals surface area (Å²) in [6, 6.07) is 0. The van der Waals surface area contributed by atoms with Gasteiger partial charge in [-0.3, -0.25) is 0 Å². The maximum absolute atomic E-state index is 13.1. The molecule has 0 aromatic rings. The number of carbonyl (C=O) groups is 2. The fourth-order valence-electron chi connectivity index (χ4n) is 11.2. The van der Waals surface area contributed by atoms with E-state index in [1.165, 1.54) is 0 Å². The van der Waals surface area contributed by atoms with Gasteiger partial charge in [-0.15, -0.1) is 0 Å². The minimum atomic E-state index is -1.68. The summed E-state index contributed by atoms with van der Waals surface area (Å²) < 4.78 is 28.6. The van der Waals surface area contributed by atoms with Crippen LogP contribution in [0.3, 0.4) is 0 Å². The normalized spacial score (nSPS) is 54.3. The molecule has 4 unspecified atom stereocenters. The number of aliphatic hydroxyl groups is 7. The number of esters is 1. The van der Waals surface area contributed by atoms with Gasteiger partial charge < -0.3 is 64.2 Å². The lowest BCUT2D eigenvalue weighted by atomic mass is 9.43. The zero-order valence-electron chi connectivity index (χ0n) is 28.1. The molecule has 0 bridgehead atoms. The molecule has 18 atom stereocenters. The molecule has 3 aliphatic heterocycles. The first-order chi connectivity index (χ1) is 23.3. The van der Waals surface area contributed by atoms with E-state index in [2.05, 4.69) is 6.92 Å². The first-order valence-corrected chi connectivity index (χ1v) is 18.0. The van der Waals surface area contributed by atoms with Crippen molar-refractivity contribution in [1.82, 2.24) is 0 Å². The largest absolute Gasteiger partial charge is 0.458 e. The average Bonchev–Trinajstić information content (AvgIpc) is 3.64. The molecule has 7 N–H and O–H groups in total. The molecule has 0 spiro atoms. The number of hydrogen-bond donors (Lipinski definition) is 7. The second-order valence-corrected chi connectivity index (χ2v) is 16.0. The molecule has 0 aromatic heterocycles. The van der Waals surface area contributed by atoms with Crippen LogP contribution in [0.2, 0.25) is 0 Å². The van der Waals surface area contributed by atoms with Crippen LogP contribution in [-0.2, 0) is 33.3 Å². The Hall–Kier alpha value is -1.56. The summed E-state index contributed by atoms with van der Waals surface area (Å²) in [5, 5.41) is 74.7. The molecule has 0 radical (unpaired) electrons. The molecule has 276 valence electrons. The molecule has 2 saturated heterocycles. The summed E-state index contributed by atoms with van der Waals surface area (Å²) in [4.78, 5) is 25.0. The number of carbonyl (C=O) groups excluding carboxylic acids is 2. The fourth-order valence-corrected chi connectivity index (χ4v) is 11.2. The Morgan fingerprint density at radius 2 is 1.61 bits per heavy atom. The molecule has 0 amide bonds. The smallest absolute Gasteiger partial charge is 0.331 e. The van der Waals surface area contributed by atoms with Crippen LogP contribution in [0.15, 0.2) is 11.6 Å². The second-order valence-electron chi connectivity index (χ2n) is 16.0. The van der Waals surface area contributed by atoms with E-state index in [9.17, 15) is 45.3 Å². The lowest BCUT2D eigenvalue weighted by Crippen LogP contribution is -2.64. The first-order valence-electron chi connectivity index (χ1n) is 18.0. The van der Waals surface area contributed by atoms with Crippen LogP contribution < -0.4 is 0 Å². The van der Waals surface area contributed by atoms with Crippen molar-refractivity contribution in [3.63, 3.8) is 0 Å². The van der Waals surface area contributed by atoms with Gasteiger partial charge in [0, 0.05) is 16.9 Å². The molecule has 6 fully saturated rings. The van der Waals surface area contributed by atoms with Crippen molar-refractivity contribution >= 4 is 12.3 Å². The van der Waals surface area contributed by atoms with Gasteiger partial charge in [0.1, 0.15) is 55.6 Å². The van der Waals surface area contributed by atoms with Crippen LogP contribution in [0, 0.1) is 34.5 Å². The van der Waals surface area contributed by atoms with E-state index in [1.807, 2.05) is 0 Å². The molecular weight excluding hydrogens is 644 g/mol. The van der Waals surface area contributed by atoms with Crippen LogP contribution in [0.1, 0.15) is 71.6 Å². The summed E-state index contributed by atoms with van der Waals surface area (Å²) in [6.45, 7) is 3.39. The Kier molecular flexibility index (Phi) is 9.60. The predicted octanol–water partition coefficient (Wildman–Crippen LogP) is -0.541. The zero-order valence-corrected chi connectivity index (χ0v) is 28.1. The highest BCUT2D eigenvalue weighted by atomic mass is 16.7. The lowest BCUT2D eigenvalue weighted by Gasteiger charge is -2.63. The third-order valence-electron chi connectivity index (χ3n) is 14.0. The number of aliphatic hydroxyl groups excluding tert-OH is 6. The van der Waals surface area contributed by atoms with Gasteiger partial charge in [-0.25, -0.2) is 4.79 Å². The Bertz CT molecular complexity index is 1290. The predicted molar refractivity (Wildman–Crippen MR) is 166 cm³/mol. The number of hydrogen-bond acceptors (Lipinski definition) is 14. The van der Waals surface area contributed by atoms with E-state index in [4.69, 9.17) is 23.7 Å². The van der Waals surface area contributed by atoms with Crippen LogP contribution in [0.25, 0.3) is 0 Å². The van der Waals surface area contributed by atoms with Gasteiger partial charge in [-0.1, -0.05) is 6.92 Å². The standard InChI is InChI=1S/C35H52O14/c1-16-30(49-32-28(42)26(40)25(39)23(13-36)48-32)27(41)29(43)31(46-16)47-19-5-9-34(15-37)18(12-19)3-4-22-21(34)6-8-33(2)20(7-10-35(22,33)44)17-11-24(38)45-14-17/h11,15-16,18-23,25-32,36,39-44H,3-10,12-14H2,1-2H3/t16-,18?,19+,20-,21?,22?,23-,25-,26+,27+,28-,29-,30-,31+,32?,33-,34-,35+/m1/s1. The Morgan fingerprint density at radius 3 is 2.31 bits per heavy atom. The number of ether oxygens (including phenoxy) is 5. The highest BCUT2D eigenvalue weighted by molar-refractivity contribution is 5.85. The van der Waals surface area contributed by atoms with Crippen molar-refractivity contribution in [3.05, 3.63) is 11.6 Å². The van der Waals surface area contributed by atoms with E-state index in [-0.39, 0.29) is 42.4 Å². The van der Waals surface area contributed by atoms with Gasteiger partial charge in [0.05, 0.1) is 24.4 Å². The van der Waals surface area contributed by atoms with Crippen LogP contribution in [-0.4, -0.2) is 134 Å². The van der Waals surface area contributed by atoms with Gasteiger partial charge in [0.2, 0.25) is 0 Å². The molecule has 49 heavy (non-hydrogen) atoms. The molecule has 0 aromatic carbocycles. The molecule has 4 aliphatic carbocycles. The first kappa shape index (κ1) is 35.8. The molecule has 14 heteroatoms. The third kappa shape index (κ3) is 5.56. The number of aldehydes is 1. The average molecular weight is 697 g/mol. The monoisotopic (exact) mass is 696 g/mol. The van der Waals surface area contributed by atoms with E-state index in [0.717, 1.165) is 44.0 Å². The maximum Gasteiger partial charge on any atom is 0.331 e. The zero-order chi connectivity index (χ0) is 35.0. The highest BCUT2D eigenvalue weighted by Crippen LogP contribution is 2.69. The van der Waals surface area contributed by atoms with Crippen molar-refractivity contribution in [2.24, 2.45) is 34.5 Å². The van der Waals surface area contributed by atoms with Gasteiger partial charge in [-0.05, 0) is 94.0 Å². The SMILES string of the molecule is C[C@H]1O[C@@H](O[C@H]2CC[C@@]3(C=O)C(CCC4C3CC[C@]3(C)[C@@H](C5=CC(=O)OC5)CC[C@]43O)C2)[C@H](O)[C@H](O)[C@@H]1OC1O[C@H](CO)[C@@H](O)[C@H](O)[C@H]1O. The number of cyclic esters (lactones) is 1. The molecule has 3 heterocycles. The van der Waals surface area contributed by atoms with E-state index < -0.39 is 84.4 Å². The summed E-state index contributed by atoms with van der Waals surface area (Å²) in [5.74, 6) is -0.243. The molecule has 7 aliphatic rings. The van der Waals surface area contributed by atoms with Crippen molar-refractivity contribution in [2.45, 2.75) is 145 Å². The maximum atomic E-state index is 13.1. The van der Waals surface area contributed by atoms with Crippen molar-refractivity contribution in [1.29, 1.82) is 0 Å². The van der Waals surface area contributed by atoms with E-state index in [0.29, 0.717) is 25.7 Å². The van der Waals surface area contributed by atoms with E-state index >= 15 is 0 Å². The quantitative estimate of drug-likeness (QED) is 0.101. The van der Waals surface area contributed by atoms with Gasteiger partial charge in [0.15, 0.2) is 12.6 Å². The molecule has 4 saturated carbocycles. The third-order valence-corrected chi connectivity index (χ3v) is 14.0. The summed E-state index contributed by atoms with van der Waals surface area (Å²) in [6.07, 6.45) is -5.37. The summed E-state index contributed by atoms with van der Waals surface area (Å²) in [7, 11) is 0. The van der Waals surface area contributed by atoms with Crippen LogP contribution in [0.5, 0.6) is 0 Å². The van der Waals surface area contributed by atoms with Crippen molar-refractivity contribution in [3.8, 4) is 0 Å². The summed E-state index contributed by atoms with van der Waals surface area (Å²) >= 11 is 0. The fraction of sp³-hybridized carbons (Fsp3) is 0.886. The van der Waals surface area contributed by atoms with Crippen molar-refractivity contribution in [2.75, 3.05) is 13.2 Å². The minimum absolute atomic E-state index is 0.0177. The number of rotatable bonds is 7. The van der Waals surface area contributed by atoms with Gasteiger partial charge in [-0.2, -0.15) is 0 Å². The van der Waals surface area contributed by atoms with Crippen LogP contribution >= 0.6 is 0 Å². The Morgan fingerprint density at radius 1 is 0.878 bits per heavy atom. The van der Waals surface area contributed by atoms with Gasteiger partial charge >= 0.3 is 5.97 Å². The Labute approximate surface area is 285 Å². The molecular formula is C35H52O14. The topological polar surface area (TPSA) is 222 Å². The number of fused-ring (bicyclic) bond motifs is 5. The highest BCUT2D eigenvalue weighted by Gasteiger charge is 2.68. The Balaban J connectivity index is 0.997. The lowest BCUT2D eigenvalue weighted by molar-refractivity contribution is -0.360. The second kappa shape index (κ2) is 13.1. The van der Waals surface area contributed by atoms with Crippen LogP contribution in [0.4, 0.5) is 0 Å². The minimum Gasteiger partial charge on any atom is -0.458 e. The van der Waals surface area contributed by atoms with Gasteiger partial charge in [0.25, 0.3) is 0 Å². The van der Waals surface area contributed by atoms with E-state index in [1.54, 1.807) is 13.0 Å². The summed E-state index contributed by atoms with van der Waals surface area (Å²) in [5.41, 5.74) is -0.979. The van der Waals surface area contributed by atoms with Crippen molar-refractivity contribution < 1.29 is 69.0 Å². The molecule has 14 nitrogen and oxygen atoms in total.